The lowest BCUT2D eigenvalue weighted by Gasteiger charge is -2.10. The van der Waals surface area contributed by atoms with Gasteiger partial charge in [-0.25, -0.2) is 0 Å². The van der Waals surface area contributed by atoms with Gasteiger partial charge >= 0.3 is 5.97 Å². The molecule has 1 N–H and O–H groups in total. The van der Waals surface area contributed by atoms with Crippen LogP contribution in [0.3, 0.4) is 0 Å². The number of benzene rings is 1. The highest BCUT2D eigenvalue weighted by atomic mass is 16.5. The summed E-state index contributed by atoms with van der Waals surface area (Å²) in [5.41, 5.74) is 3.32. The largest absolute Gasteiger partial charge is 0.469 e. The van der Waals surface area contributed by atoms with Crippen molar-refractivity contribution in [1.82, 2.24) is 5.32 Å². The molecule has 0 heterocycles. The predicted octanol–water partition coefficient (Wildman–Crippen LogP) is 2.38. The smallest absolute Gasteiger partial charge is 0.307 e. The molecule has 1 aromatic carbocycles. The molecule has 0 aliphatic rings. The van der Waals surface area contributed by atoms with Gasteiger partial charge in [0.25, 0.3) is 0 Å². The summed E-state index contributed by atoms with van der Waals surface area (Å²) in [6, 6.07) is 5.80. The first kappa shape index (κ1) is 16.0. The van der Waals surface area contributed by atoms with Crippen molar-refractivity contribution in [2.24, 2.45) is 0 Å². The zero-order valence-corrected chi connectivity index (χ0v) is 12.4. The summed E-state index contributed by atoms with van der Waals surface area (Å²) in [7, 11) is 1.33. The molecule has 0 saturated carbocycles. The van der Waals surface area contributed by atoms with Crippen molar-refractivity contribution in [3.05, 3.63) is 41.0 Å². The van der Waals surface area contributed by atoms with Crippen molar-refractivity contribution in [3.8, 4) is 0 Å². The van der Waals surface area contributed by atoms with Crippen molar-refractivity contribution >= 4 is 18.0 Å². The Labute approximate surface area is 119 Å². The van der Waals surface area contributed by atoms with E-state index in [9.17, 15) is 9.59 Å². The fourth-order valence-electron chi connectivity index (χ4n) is 1.85. The summed E-state index contributed by atoms with van der Waals surface area (Å²) in [5, 5.41) is 2.72. The minimum Gasteiger partial charge on any atom is -0.469 e. The molecule has 1 unspecified atom stereocenters. The molecular formula is C16H21NO3. The van der Waals surface area contributed by atoms with E-state index in [4.69, 9.17) is 0 Å². The van der Waals surface area contributed by atoms with Gasteiger partial charge < -0.3 is 10.1 Å². The summed E-state index contributed by atoms with van der Waals surface area (Å²) in [6.07, 6.45) is 3.42. The van der Waals surface area contributed by atoms with Gasteiger partial charge in [-0.05, 0) is 38.0 Å². The summed E-state index contributed by atoms with van der Waals surface area (Å²) in [5.74, 6) is -0.558. The number of ether oxygens (including phenoxy) is 1. The summed E-state index contributed by atoms with van der Waals surface area (Å²) in [4.78, 5) is 22.8. The normalized spacial score (nSPS) is 12.2. The second kappa shape index (κ2) is 7.48. The van der Waals surface area contributed by atoms with Gasteiger partial charge in [0.05, 0.1) is 13.5 Å². The van der Waals surface area contributed by atoms with Crippen LogP contribution >= 0.6 is 0 Å². The standard InChI is InChI=1S/C16H21NO3/c1-11-5-6-14(12(2)9-11)7-8-15(18)17-13(3)10-16(19)20-4/h5-9,13H,10H2,1-4H3,(H,17,18)/b8-7+. The topological polar surface area (TPSA) is 55.4 Å². The van der Waals surface area contributed by atoms with E-state index in [1.165, 1.54) is 18.7 Å². The van der Waals surface area contributed by atoms with Gasteiger partial charge in [-0.3, -0.25) is 9.59 Å². The Morgan fingerprint density at radius 3 is 2.65 bits per heavy atom. The third kappa shape index (κ3) is 5.26. The summed E-state index contributed by atoms with van der Waals surface area (Å²) >= 11 is 0. The number of esters is 1. The van der Waals surface area contributed by atoms with Crippen LogP contribution in [0.1, 0.15) is 30.0 Å². The highest BCUT2D eigenvalue weighted by molar-refractivity contribution is 5.92. The van der Waals surface area contributed by atoms with Crippen LogP contribution in [0.4, 0.5) is 0 Å². The zero-order valence-electron chi connectivity index (χ0n) is 12.4. The number of methoxy groups -OCH3 is 1. The molecule has 0 saturated heterocycles. The fourth-order valence-corrected chi connectivity index (χ4v) is 1.85. The first-order valence-electron chi connectivity index (χ1n) is 6.55. The number of aryl methyl sites for hydroxylation is 2. The first-order chi connectivity index (χ1) is 9.42. The number of rotatable bonds is 5. The molecule has 4 heteroatoms. The van der Waals surface area contributed by atoms with Crippen LogP contribution in [0.2, 0.25) is 0 Å². The quantitative estimate of drug-likeness (QED) is 0.663. The third-order valence-corrected chi connectivity index (χ3v) is 2.93. The fraction of sp³-hybridized carbons (Fsp3) is 0.375. The molecule has 1 rings (SSSR count). The Bertz CT molecular complexity index is 520. The van der Waals surface area contributed by atoms with Gasteiger partial charge in [0.2, 0.25) is 5.91 Å². The second-order valence-electron chi connectivity index (χ2n) is 4.88. The molecule has 1 amide bonds. The maximum absolute atomic E-state index is 11.7. The molecular weight excluding hydrogens is 254 g/mol. The maximum atomic E-state index is 11.7. The van der Waals surface area contributed by atoms with Crippen LogP contribution < -0.4 is 5.32 Å². The van der Waals surface area contributed by atoms with Gasteiger partial charge in [-0.2, -0.15) is 0 Å². The molecule has 108 valence electrons. The van der Waals surface area contributed by atoms with E-state index in [-0.39, 0.29) is 24.3 Å². The number of hydrogen-bond donors (Lipinski definition) is 1. The molecule has 0 fully saturated rings. The molecule has 1 aromatic rings. The van der Waals surface area contributed by atoms with Gasteiger partial charge in [-0.1, -0.05) is 23.8 Å². The lowest BCUT2D eigenvalue weighted by atomic mass is 10.1. The lowest BCUT2D eigenvalue weighted by Crippen LogP contribution is -2.33. The Morgan fingerprint density at radius 2 is 2.05 bits per heavy atom. The Balaban J connectivity index is 2.57. The van der Waals surface area contributed by atoms with E-state index in [2.05, 4.69) is 16.1 Å². The van der Waals surface area contributed by atoms with Crippen LogP contribution in [-0.2, 0) is 14.3 Å². The van der Waals surface area contributed by atoms with Gasteiger partial charge in [0.1, 0.15) is 0 Å². The van der Waals surface area contributed by atoms with Gasteiger partial charge in [0.15, 0.2) is 0 Å². The molecule has 0 aliphatic heterocycles. The van der Waals surface area contributed by atoms with E-state index < -0.39 is 0 Å². The van der Waals surface area contributed by atoms with E-state index >= 15 is 0 Å². The predicted molar refractivity (Wildman–Crippen MR) is 79.2 cm³/mol. The Kier molecular flexibility index (Phi) is 5.97. The second-order valence-corrected chi connectivity index (χ2v) is 4.88. The van der Waals surface area contributed by atoms with Crippen molar-refractivity contribution in [3.63, 3.8) is 0 Å². The van der Waals surface area contributed by atoms with Crippen LogP contribution in [0.15, 0.2) is 24.3 Å². The van der Waals surface area contributed by atoms with Crippen molar-refractivity contribution in [2.45, 2.75) is 33.2 Å². The zero-order chi connectivity index (χ0) is 15.1. The highest BCUT2D eigenvalue weighted by Gasteiger charge is 2.10. The van der Waals surface area contributed by atoms with E-state index in [0.29, 0.717) is 0 Å². The summed E-state index contributed by atoms with van der Waals surface area (Å²) < 4.78 is 4.55. The van der Waals surface area contributed by atoms with Gasteiger partial charge in [-0.15, -0.1) is 0 Å². The minimum atomic E-state index is -0.337. The SMILES string of the molecule is COC(=O)CC(C)NC(=O)/C=C/c1ccc(C)cc1C. The molecule has 0 bridgehead atoms. The van der Waals surface area contributed by atoms with Crippen LogP contribution in [0.5, 0.6) is 0 Å². The van der Waals surface area contributed by atoms with Crippen LogP contribution in [0.25, 0.3) is 6.08 Å². The number of amides is 1. The monoisotopic (exact) mass is 275 g/mol. The van der Waals surface area contributed by atoms with Crippen LogP contribution in [-0.4, -0.2) is 25.0 Å². The molecule has 0 aromatic heterocycles. The number of nitrogens with one attached hydrogen (secondary N) is 1. The number of carbonyl (C=O) groups is 2. The molecule has 20 heavy (non-hydrogen) atoms. The van der Waals surface area contributed by atoms with E-state index in [1.807, 2.05) is 26.0 Å². The maximum Gasteiger partial charge on any atom is 0.307 e. The number of carbonyl (C=O) groups excluding carboxylic acids is 2. The first-order valence-corrected chi connectivity index (χ1v) is 6.55. The lowest BCUT2D eigenvalue weighted by molar-refractivity contribution is -0.141. The van der Waals surface area contributed by atoms with Crippen LogP contribution in [0, 0.1) is 13.8 Å². The average molecular weight is 275 g/mol. The highest BCUT2D eigenvalue weighted by Crippen LogP contribution is 2.11. The Morgan fingerprint density at radius 1 is 1.35 bits per heavy atom. The minimum absolute atomic E-state index is 0.166. The van der Waals surface area contributed by atoms with Crippen molar-refractivity contribution in [1.29, 1.82) is 0 Å². The summed E-state index contributed by atoms with van der Waals surface area (Å²) in [6.45, 7) is 5.80. The van der Waals surface area contributed by atoms with E-state index in [1.54, 1.807) is 13.0 Å². The molecule has 0 aliphatic carbocycles. The van der Waals surface area contributed by atoms with Gasteiger partial charge in [0, 0.05) is 12.1 Å². The Hall–Kier alpha value is -2.10. The molecule has 0 spiro atoms. The molecule has 4 nitrogen and oxygen atoms in total. The molecule has 0 radical (unpaired) electrons. The molecule has 1 atom stereocenters. The number of hydrogen-bond acceptors (Lipinski definition) is 3. The van der Waals surface area contributed by atoms with Crippen molar-refractivity contribution < 1.29 is 14.3 Å². The van der Waals surface area contributed by atoms with Crippen molar-refractivity contribution in [2.75, 3.05) is 7.11 Å². The third-order valence-electron chi connectivity index (χ3n) is 2.93. The average Bonchev–Trinajstić information content (AvgIpc) is 2.37. The van der Waals surface area contributed by atoms with E-state index in [0.717, 1.165) is 11.1 Å².